The molecule has 17 unspecified atom stereocenters. The molecule has 3 aliphatic rings. The van der Waals surface area contributed by atoms with Crippen LogP contribution < -0.4 is 5.32 Å². The van der Waals surface area contributed by atoms with Crippen LogP contribution in [0.1, 0.15) is 284 Å². The average molecular weight is 1250 g/mol. The van der Waals surface area contributed by atoms with Crippen molar-refractivity contribution in [3.63, 3.8) is 0 Å². The highest BCUT2D eigenvalue weighted by atomic mass is 16.8. The Hall–Kier alpha value is -1.47. The number of amides is 1. The first-order valence-electron chi connectivity index (χ1n) is 35.4. The van der Waals surface area contributed by atoms with Gasteiger partial charge in [-0.05, 0) is 19.3 Å². The lowest BCUT2D eigenvalue weighted by Gasteiger charge is -2.48. The van der Waals surface area contributed by atoms with Crippen molar-refractivity contribution in [2.24, 2.45) is 0 Å². The van der Waals surface area contributed by atoms with E-state index < -0.39 is 124 Å². The number of hydrogen-bond donors (Lipinski definition) is 12. The van der Waals surface area contributed by atoms with E-state index in [9.17, 15) is 61.0 Å². The Morgan fingerprint density at radius 3 is 1.08 bits per heavy atom. The van der Waals surface area contributed by atoms with Gasteiger partial charge in [-0.3, -0.25) is 4.79 Å². The van der Waals surface area contributed by atoms with Crippen LogP contribution in [0.2, 0.25) is 0 Å². The van der Waals surface area contributed by atoms with Crippen LogP contribution in [0, 0.1) is 0 Å². The normalized spacial score (nSPS) is 28.6. The number of unbranched alkanes of at least 4 members (excludes halogenated alkanes) is 39. The topological polar surface area (TPSA) is 307 Å². The maximum absolute atomic E-state index is 13.4. The fourth-order valence-electron chi connectivity index (χ4n) is 12.3. The molecule has 87 heavy (non-hydrogen) atoms. The molecule has 3 fully saturated rings. The first-order chi connectivity index (χ1) is 42.3. The molecular formula is C68H129NO18. The second-order valence-electron chi connectivity index (χ2n) is 25.7. The van der Waals surface area contributed by atoms with E-state index >= 15 is 0 Å². The molecule has 0 radical (unpaired) electrons. The van der Waals surface area contributed by atoms with E-state index in [1.165, 1.54) is 212 Å². The third-order valence-corrected chi connectivity index (χ3v) is 18.1. The number of hydrogen-bond acceptors (Lipinski definition) is 18. The van der Waals surface area contributed by atoms with Gasteiger partial charge in [0.05, 0.1) is 38.6 Å². The number of nitrogens with one attached hydrogen (secondary N) is 1. The van der Waals surface area contributed by atoms with Gasteiger partial charge in [-0.2, -0.15) is 0 Å². The van der Waals surface area contributed by atoms with Gasteiger partial charge in [0.2, 0.25) is 5.91 Å². The summed E-state index contributed by atoms with van der Waals surface area (Å²) in [5.41, 5.74) is 0. The van der Waals surface area contributed by atoms with Crippen molar-refractivity contribution >= 4 is 5.91 Å². The molecule has 0 bridgehead atoms. The minimum absolute atomic E-state index is 0.250. The van der Waals surface area contributed by atoms with Crippen LogP contribution in [-0.2, 0) is 33.2 Å². The quantitative estimate of drug-likeness (QED) is 0.0199. The second-order valence-corrected chi connectivity index (χ2v) is 25.7. The zero-order valence-corrected chi connectivity index (χ0v) is 54.3. The van der Waals surface area contributed by atoms with Gasteiger partial charge in [-0.15, -0.1) is 0 Å². The molecule has 0 aromatic carbocycles. The van der Waals surface area contributed by atoms with E-state index in [2.05, 4.69) is 19.2 Å². The Morgan fingerprint density at radius 2 is 0.713 bits per heavy atom. The SMILES string of the molecule is CCCCCCCCCCCCC/C=C/C(O)C(COC1OC(CO)C(OC2OC(CO)C(OC3OC(CO)C(O)C(O)C3O)C(O)C2O)C(O)C1O)NC(=O)CCCCCCCCCCCCCCCCCCCCCCCCCCCCCCC. The van der Waals surface area contributed by atoms with E-state index in [4.69, 9.17) is 28.4 Å². The molecule has 3 aliphatic heterocycles. The van der Waals surface area contributed by atoms with E-state index in [0.717, 1.165) is 44.9 Å². The number of carbonyl (C=O) groups is 1. The summed E-state index contributed by atoms with van der Waals surface area (Å²) in [6.45, 7) is 1.76. The Kier molecular flexibility index (Phi) is 46.8. The van der Waals surface area contributed by atoms with Crippen molar-refractivity contribution in [1.82, 2.24) is 5.32 Å². The van der Waals surface area contributed by atoms with Gasteiger partial charge in [-0.1, -0.05) is 270 Å². The van der Waals surface area contributed by atoms with Gasteiger partial charge in [0.25, 0.3) is 0 Å². The van der Waals surface area contributed by atoms with Crippen LogP contribution >= 0.6 is 0 Å². The lowest BCUT2D eigenvalue weighted by Crippen LogP contribution is -2.66. The molecule has 0 aliphatic carbocycles. The number of rotatable bonds is 55. The van der Waals surface area contributed by atoms with Gasteiger partial charge in [0.15, 0.2) is 18.9 Å². The first-order valence-corrected chi connectivity index (χ1v) is 35.4. The molecule has 19 heteroatoms. The van der Waals surface area contributed by atoms with Crippen LogP contribution in [0.5, 0.6) is 0 Å². The first kappa shape index (κ1) is 79.8. The van der Waals surface area contributed by atoms with Gasteiger partial charge in [0, 0.05) is 6.42 Å². The zero-order valence-electron chi connectivity index (χ0n) is 54.3. The fourth-order valence-corrected chi connectivity index (χ4v) is 12.3. The summed E-state index contributed by atoms with van der Waals surface area (Å²) >= 11 is 0. The Balaban J connectivity index is 1.37. The van der Waals surface area contributed by atoms with Crippen molar-refractivity contribution in [3.8, 4) is 0 Å². The number of allylic oxidation sites excluding steroid dienone is 1. The molecule has 19 nitrogen and oxygen atoms in total. The fraction of sp³-hybridized carbons (Fsp3) is 0.956. The molecule has 0 spiro atoms. The molecule has 0 aromatic heterocycles. The van der Waals surface area contributed by atoms with Crippen molar-refractivity contribution in [3.05, 3.63) is 12.2 Å². The van der Waals surface area contributed by atoms with Crippen molar-refractivity contribution in [2.75, 3.05) is 26.4 Å². The lowest BCUT2D eigenvalue weighted by molar-refractivity contribution is -0.379. The molecule has 0 aromatic rings. The largest absolute Gasteiger partial charge is 0.394 e. The van der Waals surface area contributed by atoms with Crippen LogP contribution in [0.25, 0.3) is 0 Å². The van der Waals surface area contributed by atoms with E-state index in [1.807, 2.05) is 6.08 Å². The summed E-state index contributed by atoms with van der Waals surface area (Å²) in [5, 5.41) is 120. The maximum atomic E-state index is 13.4. The van der Waals surface area contributed by atoms with Crippen LogP contribution in [-0.4, -0.2) is 193 Å². The molecule has 3 rings (SSSR count). The van der Waals surface area contributed by atoms with Gasteiger partial charge in [-0.25, -0.2) is 0 Å². The third-order valence-electron chi connectivity index (χ3n) is 18.1. The summed E-state index contributed by atoms with van der Waals surface area (Å²) < 4.78 is 34.3. The smallest absolute Gasteiger partial charge is 0.220 e. The highest BCUT2D eigenvalue weighted by molar-refractivity contribution is 5.76. The Morgan fingerprint density at radius 1 is 0.402 bits per heavy atom. The number of ether oxygens (including phenoxy) is 6. The molecular weight excluding hydrogens is 1120 g/mol. The monoisotopic (exact) mass is 1250 g/mol. The van der Waals surface area contributed by atoms with E-state index in [-0.39, 0.29) is 18.9 Å². The number of aliphatic hydroxyl groups excluding tert-OH is 11. The van der Waals surface area contributed by atoms with Crippen molar-refractivity contribution < 1.29 is 89.4 Å². The van der Waals surface area contributed by atoms with Gasteiger partial charge < -0.3 is 89.9 Å². The van der Waals surface area contributed by atoms with Crippen LogP contribution in [0.4, 0.5) is 0 Å². The van der Waals surface area contributed by atoms with Gasteiger partial charge in [0.1, 0.15) is 73.2 Å². The van der Waals surface area contributed by atoms with E-state index in [1.54, 1.807) is 6.08 Å². The summed E-state index contributed by atoms with van der Waals surface area (Å²) in [5.74, 6) is -0.270. The molecule has 17 atom stereocenters. The molecule has 3 heterocycles. The van der Waals surface area contributed by atoms with Crippen LogP contribution in [0.15, 0.2) is 12.2 Å². The molecule has 12 N–H and O–H groups in total. The molecule has 3 saturated heterocycles. The van der Waals surface area contributed by atoms with Crippen LogP contribution in [0.3, 0.4) is 0 Å². The number of carbonyl (C=O) groups excluding carboxylic acids is 1. The summed E-state index contributed by atoms with van der Waals surface area (Å²) in [6.07, 6.45) is 29.3. The standard InChI is InChI=1S/C68H129NO18/c1-3-5-7-9-11-13-15-17-18-19-20-21-22-23-24-25-26-27-28-29-30-31-32-34-36-38-40-42-44-46-56(74)69-51(52(73)45-43-41-39-37-35-33-16-14-12-10-8-6-4-2)50-82-66-62(80)59(77)64(54(48-71)84-66)87-68-63(81)60(78)65(55(49-72)85-68)86-67-61(79)58(76)57(75)53(47-70)83-67/h43,45,51-55,57-68,70-73,75-81H,3-42,44,46-50H2,1-2H3,(H,69,74)/b45-43+. The van der Waals surface area contributed by atoms with Crippen molar-refractivity contribution in [2.45, 2.75) is 388 Å². The lowest BCUT2D eigenvalue weighted by atomic mass is 9.96. The predicted octanol–water partition coefficient (Wildman–Crippen LogP) is 9.28. The molecule has 0 saturated carbocycles. The molecule has 514 valence electrons. The second kappa shape index (κ2) is 51.0. The highest BCUT2D eigenvalue weighted by Gasteiger charge is 2.53. The predicted molar refractivity (Wildman–Crippen MR) is 337 cm³/mol. The van der Waals surface area contributed by atoms with Crippen molar-refractivity contribution in [1.29, 1.82) is 0 Å². The maximum Gasteiger partial charge on any atom is 0.220 e. The summed E-state index contributed by atoms with van der Waals surface area (Å²) in [6, 6.07) is -0.968. The Bertz CT molecular complexity index is 1630. The highest BCUT2D eigenvalue weighted by Crippen LogP contribution is 2.33. The summed E-state index contributed by atoms with van der Waals surface area (Å²) in [7, 11) is 0. The Labute approximate surface area is 525 Å². The van der Waals surface area contributed by atoms with Gasteiger partial charge >= 0.3 is 0 Å². The average Bonchev–Trinajstić information content (AvgIpc) is 2.56. The van der Waals surface area contributed by atoms with E-state index in [0.29, 0.717) is 6.42 Å². The zero-order chi connectivity index (χ0) is 63.3. The minimum atomic E-state index is -1.98. The number of aliphatic hydroxyl groups is 11. The minimum Gasteiger partial charge on any atom is -0.394 e. The summed E-state index contributed by atoms with van der Waals surface area (Å²) in [4.78, 5) is 13.4. The third kappa shape index (κ3) is 33.3. The molecule has 1 amide bonds.